The van der Waals surface area contributed by atoms with Gasteiger partial charge in [0.25, 0.3) is 0 Å². The van der Waals surface area contributed by atoms with E-state index < -0.39 is 0 Å². The van der Waals surface area contributed by atoms with Crippen molar-refractivity contribution in [3.05, 3.63) is 33.6 Å². The van der Waals surface area contributed by atoms with Gasteiger partial charge >= 0.3 is 0 Å². The molecule has 2 rings (SSSR count). The average molecular weight is 275 g/mol. The zero-order valence-corrected chi connectivity index (χ0v) is 9.72. The second-order valence-electron chi connectivity index (χ2n) is 2.99. The second-order valence-corrected chi connectivity index (χ2v) is 4.31. The van der Waals surface area contributed by atoms with Gasteiger partial charge < -0.3 is 10.1 Å². The molecule has 2 heterocycles. The van der Waals surface area contributed by atoms with Crippen LogP contribution < -0.4 is 5.73 Å². The van der Waals surface area contributed by atoms with Crippen molar-refractivity contribution in [3.63, 3.8) is 0 Å². The van der Waals surface area contributed by atoms with E-state index in [0.29, 0.717) is 11.6 Å². The van der Waals surface area contributed by atoms with Gasteiger partial charge in [-0.05, 0) is 28.5 Å². The number of nitrogens with zero attached hydrogens (tertiary/aromatic N) is 2. The van der Waals surface area contributed by atoms with Gasteiger partial charge in [0.05, 0.1) is 5.02 Å². The molecule has 2 aromatic heterocycles. The maximum absolute atomic E-state index is 6.03. The summed E-state index contributed by atoms with van der Waals surface area (Å²) in [4.78, 5) is 4.23. The summed E-state index contributed by atoms with van der Waals surface area (Å²) in [6.45, 7) is 0.609. The van der Waals surface area contributed by atoms with Crippen molar-refractivity contribution >= 4 is 33.2 Å². The molecule has 14 heavy (non-hydrogen) atoms. The fraction of sp³-hybridized carbons (Fsp3) is 0.222. The number of rotatable bonds is 2. The first-order valence-electron chi connectivity index (χ1n) is 4.23. The Labute approximate surface area is 95.0 Å². The first kappa shape index (κ1) is 9.96. The van der Waals surface area contributed by atoms with E-state index in [2.05, 4.69) is 20.9 Å². The number of fused-ring (bicyclic) bond motifs is 1. The molecule has 0 amide bonds. The number of pyridine rings is 1. The Kier molecular flexibility index (Phi) is 2.76. The van der Waals surface area contributed by atoms with Crippen LogP contribution in [0.2, 0.25) is 5.02 Å². The van der Waals surface area contributed by atoms with Crippen molar-refractivity contribution in [2.45, 2.75) is 6.42 Å². The fourth-order valence-corrected chi connectivity index (χ4v) is 2.22. The van der Waals surface area contributed by atoms with E-state index in [1.807, 2.05) is 16.7 Å². The van der Waals surface area contributed by atoms with Crippen LogP contribution in [0.1, 0.15) is 5.69 Å². The number of imidazole rings is 1. The summed E-state index contributed by atoms with van der Waals surface area (Å²) in [5, 5.41) is 0.641. The van der Waals surface area contributed by atoms with Gasteiger partial charge in [-0.25, -0.2) is 4.98 Å². The molecule has 0 spiro atoms. The Hall–Kier alpha value is -0.580. The summed E-state index contributed by atoms with van der Waals surface area (Å²) in [5.74, 6) is 0. The lowest BCUT2D eigenvalue weighted by molar-refractivity contribution is 0.904. The lowest BCUT2D eigenvalue weighted by Gasteiger charge is -2.01. The third-order valence-electron chi connectivity index (χ3n) is 2.00. The predicted octanol–water partition coefficient (Wildman–Crippen LogP) is 2.25. The largest absolute Gasteiger partial charge is 0.330 e. The first-order valence-corrected chi connectivity index (χ1v) is 5.40. The molecule has 2 aromatic rings. The van der Waals surface area contributed by atoms with Gasteiger partial charge in [-0.3, -0.25) is 0 Å². The monoisotopic (exact) mass is 273 g/mol. The highest BCUT2D eigenvalue weighted by molar-refractivity contribution is 9.10. The molecule has 0 unspecified atom stereocenters. The number of aromatic nitrogens is 2. The molecule has 0 bridgehead atoms. The van der Waals surface area contributed by atoms with Gasteiger partial charge in [0.15, 0.2) is 5.65 Å². The van der Waals surface area contributed by atoms with Crippen LogP contribution in [0, 0.1) is 0 Å². The maximum atomic E-state index is 6.03. The van der Waals surface area contributed by atoms with Crippen molar-refractivity contribution in [2.24, 2.45) is 5.73 Å². The standard InChI is InChI=1S/C9H9BrClN3/c10-6-3-8(11)9-13-4-7(1-2-12)14(9)5-6/h3-5H,1-2,12H2. The fourth-order valence-electron chi connectivity index (χ4n) is 1.40. The normalized spacial score (nSPS) is 11.1. The maximum Gasteiger partial charge on any atom is 0.155 e. The second kappa shape index (κ2) is 3.88. The zero-order valence-electron chi connectivity index (χ0n) is 7.37. The molecule has 2 N–H and O–H groups in total. The molecule has 0 aliphatic rings. The highest BCUT2D eigenvalue weighted by atomic mass is 79.9. The first-order chi connectivity index (χ1) is 6.72. The average Bonchev–Trinajstić information content (AvgIpc) is 2.49. The topological polar surface area (TPSA) is 43.3 Å². The Morgan fingerprint density at radius 1 is 1.57 bits per heavy atom. The van der Waals surface area contributed by atoms with Crippen molar-refractivity contribution < 1.29 is 0 Å². The minimum Gasteiger partial charge on any atom is -0.330 e. The zero-order chi connectivity index (χ0) is 10.1. The van der Waals surface area contributed by atoms with Crippen LogP contribution in [0.4, 0.5) is 0 Å². The minimum absolute atomic E-state index is 0.609. The number of nitrogens with two attached hydrogens (primary N) is 1. The van der Waals surface area contributed by atoms with E-state index in [9.17, 15) is 0 Å². The number of hydrogen-bond acceptors (Lipinski definition) is 2. The number of hydrogen-bond donors (Lipinski definition) is 1. The third-order valence-corrected chi connectivity index (χ3v) is 2.72. The van der Waals surface area contributed by atoms with Crippen LogP contribution in [-0.4, -0.2) is 15.9 Å². The SMILES string of the molecule is NCCc1cnc2c(Cl)cc(Br)cn12. The highest BCUT2D eigenvalue weighted by Gasteiger charge is 2.06. The van der Waals surface area contributed by atoms with Crippen LogP contribution in [0.5, 0.6) is 0 Å². The molecular weight excluding hydrogens is 265 g/mol. The third kappa shape index (κ3) is 1.65. The molecule has 0 saturated heterocycles. The summed E-state index contributed by atoms with van der Waals surface area (Å²) < 4.78 is 2.89. The van der Waals surface area contributed by atoms with Crippen molar-refractivity contribution in [1.29, 1.82) is 0 Å². The summed E-state index contributed by atoms with van der Waals surface area (Å²) >= 11 is 9.42. The van der Waals surface area contributed by atoms with Crippen LogP contribution in [0.15, 0.2) is 22.9 Å². The van der Waals surface area contributed by atoms with E-state index in [1.54, 1.807) is 6.20 Å². The van der Waals surface area contributed by atoms with Crippen LogP contribution in [0.3, 0.4) is 0 Å². The molecule has 0 saturated carbocycles. The summed E-state index contributed by atoms with van der Waals surface area (Å²) in [6.07, 6.45) is 4.55. The molecule has 0 aliphatic carbocycles. The molecule has 74 valence electrons. The van der Waals surface area contributed by atoms with Gasteiger partial charge in [0, 0.05) is 29.0 Å². The van der Waals surface area contributed by atoms with Crippen LogP contribution in [0.25, 0.3) is 5.65 Å². The highest BCUT2D eigenvalue weighted by Crippen LogP contribution is 2.22. The Morgan fingerprint density at radius 2 is 2.36 bits per heavy atom. The summed E-state index contributed by atoms with van der Waals surface area (Å²) in [7, 11) is 0. The van der Waals surface area contributed by atoms with E-state index >= 15 is 0 Å². The minimum atomic E-state index is 0.609. The predicted molar refractivity (Wildman–Crippen MR) is 60.7 cm³/mol. The van der Waals surface area contributed by atoms with Crippen LogP contribution >= 0.6 is 27.5 Å². The van der Waals surface area contributed by atoms with Gasteiger partial charge in [-0.15, -0.1) is 0 Å². The summed E-state index contributed by atoms with van der Waals surface area (Å²) in [5.41, 5.74) is 7.35. The van der Waals surface area contributed by atoms with Crippen molar-refractivity contribution in [1.82, 2.24) is 9.38 Å². The number of halogens is 2. The Morgan fingerprint density at radius 3 is 3.07 bits per heavy atom. The van der Waals surface area contributed by atoms with E-state index in [1.165, 1.54) is 0 Å². The van der Waals surface area contributed by atoms with E-state index in [0.717, 1.165) is 22.2 Å². The van der Waals surface area contributed by atoms with Gasteiger partial charge in [-0.2, -0.15) is 0 Å². The summed E-state index contributed by atoms with van der Waals surface area (Å²) in [6, 6.07) is 1.83. The van der Waals surface area contributed by atoms with Gasteiger partial charge in [-0.1, -0.05) is 11.6 Å². The quantitative estimate of drug-likeness (QED) is 0.913. The molecule has 0 fully saturated rings. The van der Waals surface area contributed by atoms with Crippen LogP contribution in [-0.2, 0) is 6.42 Å². The smallest absolute Gasteiger partial charge is 0.155 e. The Balaban J connectivity index is 2.66. The van der Waals surface area contributed by atoms with E-state index in [-0.39, 0.29) is 0 Å². The van der Waals surface area contributed by atoms with E-state index in [4.69, 9.17) is 17.3 Å². The van der Waals surface area contributed by atoms with Gasteiger partial charge in [0.2, 0.25) is 0 Å². The lowest BCUT2D eigenvalue weighted by atomic mass is 10.3. The van der Waals surface area contributed by atoms with Crippen molar-refractivity contribution in [3.8, 4) is 0 Å². The molecule has 0 atom stereocenters. The molecule has 0 aromatic carbocycles. The molecular formula is C9H9BrClN3. The molecule has 0 aliphatic heterocycles. The molecule has 3 nitrogen and oxygen atoms in total. The van der Waals surface area contributed by atoms with Gasteiger partial charge in [0.1, 0.15) is 0 Å². The lowest BCUT2D eigenvalue weighted by Crippen LogP contribution is -2.04. The molecule has 5 heteroatoms. The Bertz CT molecular complexity index is 466. The van der Waals surface area contributed by atoms with Crippen molar-refractivity contribution in [2.75, 3.05) is 6.54 Å². The molecule has 0 radical (unpaired) electrons.